The maximum atomic E-state index is 13.7. The number of methoxy groups -OCH3 is 1. The molecule has 2 aliphatic rings. The minimum absolute atomic E-state index is 0.120. The van der Waals surface area contributed by atoms with Crippen molar-refractivity contribution in [2.24, 2.45) is 0 Å². The van der Waals surface area contributed by atoms with Crippen molar-refractivity contribution in [1.29, 1.82) is 0 Å². The van der Waals surface area contributed by atoms with Gasteiger partial charge in [-0.25, -0.2) is 13.2 Å². The Morgan fingerprint density at radius 3 is 2.48 bits per heavy atom. The largest absolute Gasteiger partial charge is 0.492 e. The third kappa shape index (κ3) is 6.77. The Bertz CT molecular complexity index is 2090. The molecule has 2 aromatic heterocycles. The molecule has 3 N–H and O–H groups in total. The maximum absolute atomic E-state index is 13.7. The Balaban J connectivity index is 1.28. The van der Waals surface area contributed by atoms with Crippen LogP contribution in [-0.4, -0.2) is 66.7 Å². The summed E-state index contributed by atoms with van der Waals surface area (Å²) in [7, 11) is -0.183. The average molecular weight is 702 g/mol. The van der Waals surface area contributed by atoms with E-state index in [9.17, 15) is 18.0 Å². The molecule has 2 amide bonds. The SMILES string of the molecule is COc1c(NC(=O)N[C@@]2(C=O)C=C[C@H](Oc3ccc4nnc([C@@H]5CC[C@H](C)N5C)n4c3)c3ccccc32)cc(C(C)(C)C)cc1NS(C)(=O)=O. The summed E-state index contributed by atoms with van der Waals surface area (Å²) in [4.78, 5) is 28.9. The molecule has 264 valence electrons. The molecule has 1 saturated heterocycles. The van der Waals surface area contributed by atoms with Crippen LogP contribution in [0.1, 0.15) is 75.2 Å². The predicted molar refractivity (Wildman–Crippen MR) is 191 cm³/mol. The van der Waals surface area contributed by atoms with E-state index >= 15 is 0 Å². The molecule has 13 nitrogen and oxygen atoms in total. The molecule has 4 atom stereocenters. The van der Waals surface area contributed by atoms with Gasteiger partial charge in [-0.05, 0) is 79.8 Å². The maximum Gasteiger partial charge on any atom is 0.320 e. The zero-order chi connectivity index (χ0) is 36.0. The standard InChI is InChI=1S/C36H43N7O6S/c1-22-12-14-29(42(22)5)33-40-39-31-15-13-24(20-43(31)33)49-30-16-17-36(21-44,26-11-9-8-10-25(26)30)38-34(45)37-27-18-23(35(2,3)4)19-28(32(27)48-6)41-50(7,46)47/h8-11,13,15-22,29-30,41H,12,14H2,1-7H3,(H2,37,38,45)/t22-,29-,30-,36+/m0/s1. The fraction of sp³-hybridized carbons (Fsp3) is 0.389. The number of rotatable bonds is 9. The summed E-state index contributed by atoms with van der Waals surface area (Å²) in [6, 6.07) is 14.3. The number of hydrogen-bond acceptors (Lipinski definition) is 9. The van der Waals surface area contributed by atoms with Gasteiger partial charge in [0.05, 0.1) is 37.0 Å². The number of hydrogen-bond donors (Lipinski definition) is 3. The van der Waals surface area contributed by atoms with Crippen LogP contribution in [0, 0.1) is 0 Å². The molecule has 1 fully saturated rings. The first-order chi connectivity index (χ1) is 23.6. The Hall–Kier alpha value is -4.95. The highest BCUT2D eigenvalue weighted by Crippen LogP contribution is 2.41. The number of carbonyl (C=O) groups excluding carboxylic acids is 2. The number of aldehydes is 1. The minimum Gasteiger partial charge on any atom is -0.492 e. The molecule has 50 heavy (non-hydrogen) atoms. The first-order valence-corrected chi connectivity index (χ1v) is 18.3. The summed E-state index contributed by atoms with van der Waals surface area (Å²) in [5.41, 5.74) is 1.17. The van der Waals surface area contributed by atoms with Crippen molar-refractivity contribution in [2.45, 2.75) is 69.7 Å². The molecule has 6 rings (SSSR count). The molecular weight excluding hydrogens is 659 g/mol. The van der Waals surface area contributed by atoms with Crippen molar-refractivity contribution < 1.29 is 27.5 Å². The van der Waals surface area contributed by atoms with Crippen LogP contribution in [0.4, 0.5) is 16.2 Å². The van der Waals surface area contributed by atoms with Gasteiger partial charge in [-0.1, -0.05) is 45.0 Å². The highest BCUT2D eigenvalue weighted by atomic mass is 32.2. The minimum atomic E-state index is -3.67. The smallest absolute Gasteiger partial charge is 0.320 e. The first-order valence-electron chi connectivity index (χ1n) is 16.4. The monoisotopic (exact) mass is 701 g/mol. The number of fused-ring (bicyclic) bond motifs is 2. The normalized spacial score (nSPS) is 22.2. The van der Waals surface area contributed by atoms with E-state index in [0.29, 0.717) is 29.2 Å². The van der Waals surface area contributed by atoms with Gasteiger partial charge >= 0.3 is 6.03 Å². The molecule has 1 aliphatic heterocycles. The fourth-order valence-electron chi connectivity index (χ4n) is 6.65. The van der Waals surface area contributed by atoms with E-state index in [1.54, 1.807) is 36.4 Å². The highest BCUT2D eigenvalue weighted by molar-refractivity contribution is 7.92. The van der Waals surface area contributed by atoms with Crippen LogP contribution in [-0.2, 0) is 25.8 Å². The van der Waals surface area contributed by atoms with Crippen molar-refractivity contribution in [3.8, 4) is 11.5 Å². The van der Waals surface area contributed by atoms with Crippen LogP contribution in [0.2, 0.25) is 0 Å². The second-order valence-electron chi connectivity index (χ2n) is 14.0. The molecular formula is C36H43N7O6S. The molecule has 2 aromatic carbocycles. The number of carbonyl (C=O) groups is 2. The summed E-state index contributed by atoms with van der Waals surface area (Å²) < 4.78 is 40.8. The number of ether oxygens (including phenoxy) is 2. The number of anilines is 2. The van der Waals surface area contributed by atoms with Gasteiger partial charge < -0.3 is 20.1 Å². The third-order valence-corrected chi connectivity index (χ3v) is 10.1. The summed E-state index contributed by atoms with van der Waals surface area (Å²) in [5, 5.41) is 14.5. The number of nitrogens with one attached hydrogen (secondary N) is 3. The van der Waals surface area contributed by atoms with Gasteiger partial charge in [0, 0.05) is 11.6 Å². The van der Waals surface area contributed by atoms with Crippen LogP contribution in [0.15, 0.2) is 66.9 Å². The van der Waals surface area contributed by atoms with E-state index in [2.05, 4.69) is 44.4 Å². The van der Waals surface area contributed by atoms with E-state index in [0.717, 1.165) is 36.1 Å². The Kier molecular flexibility index (Phi) is 9.12. The number of nitrogens with zero attached hydrogens (tertiary/aromatic N) is 4. The molecule has 1 aliphatic carbocycles. The lowest BCUT2D eigenvalue weighted by atomic mass is 9.81. The average Bonchev–Trinajstić information content (AvgIpc) is 3.62. The first kappa shape index (κ1) is 34.9. The lowest BCUT2D eigenvalue weighted by Crippen LogP contribution is -2.49. The van der Waals surface area contributed by atoms with Crippen molar-refractivity contribution in [3.63, 3.8) is 0 Å². The molecule has 0 unspecified atom stereocenters. The van der Waals surface area contributed by atoms with Gasteiger partial charge in [-0.3, -0.25) is 18.8 Å². The zero-order valence-corrected chi connectivity index (χ0v) is 30.0. The number of urea groups is 1. The number of benzene rings is 2. The number of likely N-dealkylation sites (tertiary alicyclic amines) is 1. The van der Waals surface area contributed by atoms with Crippen molar-refractivity contribution in [3.05, 3.63) is 89.4 Å². The van der Waals surface area contributed by atoms with Crippen LogP contribution >= 0.6 is 0 Å². The summed E-state index contributed by atoms with van der Waals surface area (Å²) in [6.07, 6.45) is 8.46. The van der Waals surface area contributed by atoms with Gasteiger partial charge in [-0.15, -0.1) is 10.2 Å². The second kappa shape index (κ2) is 13.1. The van der Waals surface area contributed by atoms with E-state index in [1.807, 2.05) is 55.6 Å². The molecule has 0 saturated carbocycles. The van der Waals surface area contributed by atoms with Gasteiger partial charge in [0.2, 0.25) is 10.0 Å². The van der Waals surface area contributed by atoms with E-state index < -0.39 is 33.1 Å². The Morgan fingerprint density at radius 2 is 1.82 bits per heavy atom. The quantitative estimate of drug-likeness (QED) is 0.152. The van der Waals surface area contributed by atoms with E-state index in [4.69, 9.17) is 9.47 Å². The Labute approximate surface area is 292 Å². The number of sulfonamides is 1. The molecule has 3 heterocycles. The van der Waals surface area contributed by atoms with Gasteiger partial charge in [0.15, 0.2) is 23.5 Å². The van der Waals surface area contributed by atoms with Crippen LogP contribution in [0.25, 0.3) is 5.65 Å². The molecule has 14 heteroatoms. The van der Waals surface area contributed by atoms with Crippen LogP contribution in [0.5, 0.6) is 11.5 Å². The summed E-state index contributed by atoms with van der Waals surface area (Å²) in [6.45, 7) is 8.10. The van der Waals surface area contributed by atoms with Gasteiger partial charge in [-0.2, -0.15) is 0 Å². The van der Waals surface area contributed by atoms with Crippen molar-refractivity contribution >= 4 is 39.4 Å². The Morgan fingerprint density at radius 1 is 1.08 bits per heavy atom. The second-order valence-corrected chi connectivity index (χ2v) is 15.8. The van der Waals surface area contributed by atoms with E-state index in [1.165, 1.54) is 7.11 Å². The molecule has 0 spiro atoms. The molecule has 4 aromatic rings. The van der Waals surface area contributed by atoms with Crippen LogP contribution < -0.4 is 24.8 Å². The van der Waals surface area contributed by atoms with Gasteiger partial charge in [0.25, 0.3) is 0 Å². The number of aromatic nitrogens is 3. The van der Waals surface area contributed by atoms with Gasteiger partial charge in [0.1, 0.15) is 17.4 Å². The number of amides is 2. The topological polar surface area (TPSA) is 156 Å². The highest BCUT2D eigenvalue weighted by Gasteiger charge is 2.39. The lowest BCUT2D eigenvalue weighted by Gasteiger charge is -2.34. The third-order valence-electron chi connectivity index (χ3n) is 9.46. The predicted octanol–water partition coefficient (Wildman–Crippen LogP) is 5.47. The number of pyridine rings is 1. The fourth-order valence-corrected chi connectivity index (χ4v) is 7.20. The van der Waals surface area contributed by atoms with Crippen LogP contribution in [0.3, 0.4) is 0 Å². The zero-order valence-electron chi connectivity index (χ0n) is 29.2. The molecule has 0 bridgehead atoms. The van der Waals surface area contributed by atoms with E-state index in [-0.39, 0.29) is 23.2 Å². The molecule has 0 radical (unpaired) electrons. The summed E-state index contributed by atoms with van der Waals surface area (Å²) in [5.74, 6) is 1.57. The van der Waals surface area contributed by atoms with Crippen molar-refractivity contribution in [1.82, 2.24) is 24.8 Å². The lowest BCUT2D eigenvalue weighted by molar-refractivity contribution is -0.111. The summed E-state index contributed by atoms with van der Waals surface area (Å²) >= 11 is 0. The van der Waals surface area contributed by atoms with Crippen molar-refractivity contribution in [2.75, 3.05) is 30.5 Å².